The van der Waals surface area contributed by atoms with Gasteiger partial charge >= 0.3 is 5.97 Å². The minimum atomic E-state index is -0.988. The van der Waals surface area contributed by atoms with Crippen molar-refractivity contribution in [2.24, 2.45) is 5.92 Å². The lowest BCUT2D eigenvalue weighted by atomic mass is 10.1. The summed E-state index contributed by atoms with van der Waals surface area (Å²) < 4.78 is 12.0. The predicted octanol–water partition coefficient (Wildman–Crippen LogP) is 3.99. The normalized spacial score (nSPS) is 11.2. The lowest BCUT2D eigenvalue weighted by Gasteiger charge is -2.11. The van der Waals surface area contributed by atoms with Crippen LogP contribution in [0.25, 0.3) is 6.08 Å². The van der Waals surface area contributed by atoms with Crippen molar-refractivity contribution in [2.75, 3.05) is 19.8 Å². The van der Waals surface area contributed by atoms with Gasteiger partial charge < -0.3 is 14.6 Å². The third-order valence-electron chi connectivity index (χ3n) is 2.70. The molecule has 4 nitrogen and oxygen atoms in total. The van der Waals surface area contributed by atoms with Crippen molar-refractivity contribution in [3.63, 3.8) is 0 Å². The zero-order valence-electron chi connectivity index (χ0n) is 12.3. The third kappa shape index (κ3) is 7.87. The first kappa shape index (κ1) is 17.7. The molecule has 0 aliphatic heterocycles. The molecule has 0 radical (unpaired) electrons. The molecular formula is C16H21BrO4. The lowest BCUT2D eigenvalue weighted by molar-refractivity contribution is -0.131. The molecule has 0 saturated carbocycles. The first-order valence-electron chi connectivity index (χ1n) is 6.90. The number of carboxylic acid groups (broad SMARTS) is 1. The van der Waals surface area contributed by atoms with Crippen molar-refractivity contribution in [1.82, 2.24) is 0 Å². The molecule has 1 aromatic carbocycles. The number of carboxylic acids is 1. The number of benzene rings is 1. The van der Waals surface area contributed by atoms with Crippen LogP contribution < -0.4 is 4.74 Å². The van der Waals surface area contributed by atoms with Gasteiger partial charge in [-0.3, -0.25) is 0 Å². The summed E-state index contributed by atoms with van der Waals surface area (Å²) in [5, 5.41) is 8.69. The lowest BCUT2D eigenvalue weighted by Crippen LogP contribution is -2.09. The van der Waals surface area contributed by atoms with Crippen molar-refractivity contribution in [3.8, 4) is 5.75 Å². The molecule has 1 N–H and O–H groups in total. The fourth-order valence-corrected chi connectivity index (χ4v) is 1.95. The number of ether oxygens (including phenoxy) is 2. The van der Waals surface area contributed by atoms with E-state index in [1.165, 1.54) is 6.08 Å². The van der Waals surface area contributed by atoms with Crippen LogP contribution in [0.1, 0.15) is 25.8 Å². The zero-order valence-corrected chi connectivity index (χ0v) is 13.9. The third-order valence-corrected chi connectivity index (χ3v) is 3.20. The van der Waals surface area contributed by atoms with Gasteiger partial charge in [-0.25, -0.2) is 4.79 Å². The van der Waals surface area contributed by atoms with Gasteiger partial charge in [0.2, 0.25) is 0 Å². The number of carbonyl (C=O) groups is 1. The van der Waals surface area contributed by atoms with Crippen LogP contribution >= 0.6 is 15.9 Å². The van der Waals surface area contributed by atoms with E-state index in [2.05, 4.69) is 29.8 Å². The van der Waals surface area contributed by atoms with Crippen LogP contribution in [-0.4, -0.2) is 30.9 Å². The van der Waals surface area contributed by atoms with E-state index in [-0.39, 0.29) is 0 Å². The van der Waals surface area contributed by atoms with E-state index in [0.29, 0.717) is 30.4 Å². The number of rotatable bonds is 9. The molecule has 0 amide bonds. The Balaban J connectivity index is 2.48. The quantitative estimate of drug-likeness (QED) is 0.536. The second kappa shape index (κ2) is 9.58. The highest BCUT2D eigenvalue weighted by atomic mass is 79.9. The second-order valence-electron chi connectivity index (χ2n) is 5.00. The highest BCUT2D eigenvalue weighted by Crippen LogP contribution is 2.24. The Bertz CT molecular complexity index is 483. The van der Waals surface area contributed by atoms with Crippen LogP contribution in [0.5, 0.6) is 5.75 Å². The van der Waals surface area contributed by atoms with Gasteiger partial charge in [0.15, 0.2) is 0 Å². The maximum atomic E-state index is 10.6. The Morgan fingerprint density at radius 1 is 1.33 bits per heavy atom. The predicted molar refractivity (Wildman–Crippen MR) is 86.6 cm³/mol. The van der Waals surface area contributed by atoms with Crippen LogP contribution in [0.15, 0.2) is 28.7 Å². The first-order chi connectivity index (χ1) is 9.99. The van der Waals surface area contributed by atoms with E-state index >= 15 is 0 Å². The number of halogens is 1. The van der Waals surface area contributed by atoms with Gasteiger partial charge in [0.05, 0.1) is 6.61 Å². The summed E-state index contributed by atoms with van der Waals surface area (Å²) in [6.45, 7) is 6.00. The molecular weight excluding hydrogens is 336 g/mol. The van der Waals surface area contributed by atoms with Gasteiger partial charge in [-0.2, -0.15) is 0 Å². The Morgan fingerprint density at radius 3 is 2.76 bits per heavy atom. The van der Waals surface area contributed by atoms with Crippen molar-refractivity contribution in [3.05, 3.63) is 34.3 Å². The summed E-state index contributed by atoms with van der Waals surface area (Å²) in [7, 11) is 0. The van der Waals surface area contributed by atoms with E-state index in [1.807, 2.05) is 12.1 Å². The number of hydrogen-bond donors (Lipinski definition) is 1. The highest BCUT2D eigenvalue weighted by molar-refractivity contribution is 9.10. The van der Waals surface area contributed by atoms with E-state index < -0.39 is 5.97 Å². The van der Waals surface area contributed by atoms with Gasteiger partial charge in [0, 0.05) is 22.7 Å². The maximum Gasteiger partial charge on any atom is 0.328 e. The van der Waals surface area contributed by atoms with Crippen LogP contribution in [0.3, 0.4) is 0 Å². The molecule has 21 heavy (non-hydrogen) atoms. The topological polar surface area (TPSA) is 55.8 Å². The van der Waals surface area contributed by atoms with Crippen LogP contribution in [-0.2, 0) is 9.53 Å². The van der Waals surface area contributed by atoms with E-state index in [0.717, 1.165) is 23.6 Å². The monoisotopic (exact) mass is 356 g/mol. The number of aliphatic carboxylic acids is 1. The summed E-state index contributed by atoms with van der Waals surface area (Å²) in [6, 6.07) is 5.47. The fraction of sp³-hybridized carbons (Fsp3) is 0.438. The molecule has 0 aliphatic rings. The summed E-state index contributed by atoms with van der Waals surface area (Å²) in [4.78, 5) is 10.6. The van der Waals surface area contributed by atoms with Gasteiger partial charge in [-0.15, -0.1) is 0 Å². The van der Waals surface area contributed by atoms with E-state index in [4.69, 9.17) is 14.6 Å². The van der Waals surface area contributed by atoms with E-state index in [1.54, 1.807) is 6.07 Å². The van der Waals surface area contributed by atoms with Crippen LogP contribution in [0.2, 0.25) is 0 Å². The first-order valence-corrected chi connectivity index (χ1v) is 7.69. The molecule has 0 unspecified atom stereocenters. The smallest absolute Gasteiger partial charge is 0.328 e. The van der Waals surface area contributed by atoms with Gasteiger partial charge in [-0.1, -0.05) is 29.8 Å². The molecule has 0 aromatic heterocycles. The summed E-state index contributed by atoms with van der Waals surface area (Å²) in [5.41, 5.74) is 0.717. The number of hydrogen-bond acceptors (Lipinski definition) is 3. The summed E-state index contributed by atoms with van der Waals surface area (Å²) in [6.07, 6.45) is 3.64. The molecule has 0 aliphatic carbocycles. The molecule has 0 saturated heterocycles. The molecule has 0 bridgehead atoms. The Morgan fingerprint density at radius 2 is 2.10 bits per heavy atom. The molecule has 5 heteroatoms. The van der Waals surface area contributed by atoms with E-state index in [9.17, 15) is 4.79 Å². The molecule has 0 heterocycles. The zero-order chi connectivity index (χ0) is 15.7. The molecule has 0 atom stereocenters. The van der Waals surface area contributed by atoms with Crippen LogP contribution in [0, 0.1) is 5.92 Å². The second-order valence-corrected chi connectivity index (χ2v) is 5.91. The molecule has 116 valence electrons. The van der Waals surface area contributed by atoms with Crippen LogP contribution in [0.4, 0.5) is 0 Å². The van der Waals surface area contributed by atoms with Crippen molar-refractivity contribution < 1.29 is 19.4 Å². The minimum absolute atomic E-state index is 0.438. The van der Waals surface area contributed by atoms with Gasteiger partial charge in [0.1, 0.15) is 12.4 Å². The maximum absolute atomic E-state index is 10.6. The van der Waals surface area contributed by atoms with Crippen molar-refractivity contribution >= 4 is 28.0 Å². The largest absolute Gasteiger partial charge is 0.491 e. The SMILES string of the molecule is CC(C)CCOCCOc1ccc(Br)cc1C=CC(=O)O. The Labute approximate surface area is 133 Å². The summed E-state index contributed by atoms with van der Waals surface area (Å²) >= 11 is 3.36. The highest BCUT2D eigenvalue weighted by Gasteiger charge is 2.03. The fourth-order valence-electron chi connectivity index (χ4n) is 1.57. The average Bonchev–Trinajstić information content (AvgIpc) is 2.41. The summed E-state index contributed by atoms with van der Waals surface area (Å²) in [5.74, 6) is 0.284. The Kier molecular flexibility index (Phi) is 8.08. The van der Waals surface area contributed by atoms with Crippen molar-refractivity contribution in [2.45, 2.75) is 20.3 Å². The Hall–Kier alpha value is -1.33. The standard InChI is InChI=1S/C16H21BrO4/c1-12(2)7-8-20-9-10-21-15-5-4-14(17)11-13(15)3-6-16(18)19/h3-6,11-12H,7-10H2,1-2H3,(H,18,19). The van der Waals surface area contributed by atoms with Crippen molar-refractivity contribution in [1.29, 1.82) is 0 Å². The molecule has 1 aromatic rings. The van der Waals surface area contributed by atoms with Gasteiger partial charge in [-0.05, 0) is 36.6 Å². The minimum Gasteiger partial charge on any atom is -0.491 e. The van der Waals surface area contributed by atoms with Gasteiger partial charge in [0.25, 0.3) is 0 Å². The molecule has 0 spiro atoms. The molecule has 0 fully saturated rings. The average molecular weight is 357 g/mol. The molecule has 1 rings (SSSR count).